The molecule has 1 aliphatic heterocycles. The molecule has 1 aromatic carbocycles. The standard InChI is InChI=1S/C18H20F3N3/c1-13-5-4-8-16(23-13)17(24-11-9-22-10-12-24)14-6-2-3-7-15(14)18(19,20)21/h2-8,17,22H,9-12H2,1H3. The molecule has 1 fully saturated rings. The zero-order chi connectivity index (χ0) is 17.2. The minimum absolute atomic E-state index is 0.269. The highest BCUT2D eigenvalue weighted by Gasteiger charge is 2.37. The van der Waals surface area contributed by atoms with Crippen molar-refractivity contribution in [2.75, 3.05) is 26.2 Å². The molecular formula is C18H20F3N3. The fourth-order valence-electron chi connectivity index (χ4n) is 3.19. The number of aromatic nitrogens is 1. The number of nitrogens with zero attached hydrogens (tertiary/aromatic N) is 2. The van der Waals surface area contributed by atoms with Crippen LogP contribution < -0.4 is 5.32 Å². The van der Waals surface area contributed by atoms with Gasteiger partial charge >= 0.3 is 6.18 Å². The van der Waals surface area contributed by atoms with Gasteiger partial charge < -0.3 is 5.32 Å². The maximum Gasteiger partial charge on any atom is 0.416 e. The van der Waals surface area contributed by atoms with Crippen LogP contribution in [0.3, 0.4) is 0 Å². The molecule has 1 atom stereocenters. The summed E-state index contributed by atoms with van der Waals surface area (Å²) < 4.78 is 40.6. The molecule has 3 rings (SSSR count). The lowest BCUT2D eigenvalue weighted by atomic mass is 9.95. The van der Waals surface area contributed by atoms with Crippen molar-refractivity contribution < 1.29 is 13.2 Å². The van der Waals surface area contributed by atoms with Crippen LogP contribution in [0.15, 0.2) is 42.5 Å². The molecule has 0 radical (unpaired) electrons. The van der Waals surface area contributed by atoms with Crippen molar-refractivity contribution in [2.24, 2.45) is 0 Å². The van der Waals surface area contributed by atoms with E-state index in [2.05, 4.69) is 15.2 Å². The molecule has 0 saturated carbocycles. The molecule has 128 valence electrons. The Morgan fingerprint density at radius 1 is 1.04 bits per heavy atom. The Morgan fingerprint density at radius 3 is 2.42 bits per heavy atom. The molecule has 2 heterocycles. The summed E-state index contributed by atoms with van der Waals surface area (Å²) in [5.74, 6) is 0. The van der Waals surface area contributed by atoms with Gasteiger partial charge in [-0.15, -0.1) is 0 Å². The third-order valence-electron chi connectivity index (χ3n) is 4.27. The molecule has 2 aromatic rings. The highest BCUT2D eigenvalue weighted by molar-refractivity contribution is 5.37. The molecular weight excluding hydrogens is 315 g/mol. The van der Waals surface area contributed by atoms with Gasteiger partial charge in [-0.1, -0.05) is 24.3 Å². The van der Waals surface area contributed by atoms with Crippen molar-refractivity contribution in [3.63, 3.8) is 0 Å². The Labute approximate surface area is 139 Å². The van der Waals surface area contributed by atoms with Crippen molar-refractivity contribution in [3.05, 3.63) is 65.0 Å². The average Bonchev–Trinajstić information content (AvgIpc) is 2.56. The number of piperazine rings is 1. The Bertz CT molecular complexity index is 694. The summed E-state index contributed by atoms with van der Waals surface area (Å²) in [7, 11) is 0. The second-order valence-electron chi connectivity index (χ2n) is 5.98. The number of aryl methyl sites for hydroxylation is 1. The highest BCUT2D eigenvalue weighted by Crippen LogP contribution is 2.38. The number of hydrogen-bond donors (Lipinski definition) is 1. The van der Waals surface area contributed by atoms with Crippen molar-refractivity contribution in [1.29, 1.82) is 0 Å². The van der Waals surface area contributed by atoms with Gasteiger partial charge in [-0.2, -0.15) is 13.2 Å². The molecule has 3 nitrogen and oxygen atoms in total. The number of nitrogens with one attached hydrogen (secondary N) is 1. The third kappa shape index (κ3) is 3.60. The number of rotatable bonds is 3. The molecule has 0 aliphatic carbocycles. The van der Waals surface area contributed by atoms with Crippen LogP contribution in [-0.4, -0.2) is 36.1 Å². The largest absolute Gasteiger partial charge is 0.416 e. The van der Waals surface area contributed by atoms with Crippen molar-refractivity contribution in [3.8, 4) is 0 Å². The molecule has 0 amide bonds. The fraction of sp³-hybridized carbons (Fsp3) is 0.389. The minimum atomic E-state index is -4.38. The van der Waals surface area contributed by atoms with Gasteiger partial charge in [0.15, 0.2) is 0 Å². The van der Waals surface area contributed by atoms with E-state index in [1.807, 2.05) is 25.1 Å². The van der Waals surface area contributed by atoms with Gasteiger partial charge in [-0.05, 0) is 30.7 Å². The number of pyridine rings is 1. The minimum Gasteiger partial charge on any atom is -0.314 e. The molecule has 1 saturated heterocycles. The predicted molar refractivity (Wildman–Crippen MR) is 86.7 cm³/mol. The van der Waals surface area contributed by atoms with Gasteiger partial charge in [0.2, 0.25) is 0 Å². The van der Waals surface area contributed by atoms with E-state index < -0.39 is 17.8 Å². The van der Waals surface area contributed by atoms with Crippen LogP contribution in [-0.2, 0) is 6.18 Å². The second-order valence-corrected chi connectivity index (χ2v) is 5.98. The summed E-state index contributed by atoms with van der Waals surface area (Å²) in [5.41, 5.74) is 1.15. The summed E-state index contributed by atoms with van der Waals surface area (Å²) in [6, 6.07) is 10.8. The van der Waals surface area contributed by atoms with Gasteiger partial charge in [0, 0.05) is 31.9 Å². The van der Waals surface area contributed by atoms with Gasteiger partial charge in [0.05, 0.1) is 17.3 Å². The molecule has 1 aromatic heterocycles. The maximum atomic E-state index is 13.5. The number of halogens is 3. The lowest BCUT2D eigenvalue weighted by Crippen LogP contribution is -2.46. The Balaban J connectivity index is 2.12. The van der Waals surface area contributed by atoms with Gasteiger partial charge in [0.25, 0.3) is 0 Å². The van der Waals surface area contributed by atoms with Crippen LogP contribution in [0.2, 0.25) is 0 Å². The Kier molecular flexibility index (Phi) is 4.87. The summed E-state index contributed by atoms with van der Waals surface area (Å²) in [5, 5.41) is 3.24. The van der Waals surface area contributed by atoms with Crippen LogP contribution in [0.5, 0.6) is 0 Å². The van der Waals surface area contributed by atoms with E-state index in [1.165, 1.54) is 6.07 Å². The second kappa shape index (κ2) is 6.91. The van der Waals surface area contributed by atoms with Crippen LogP contribution >= 0.6 is 0 Å². The SMILES string of the molecule is Cc1cccc(C(c2ccccc2C(F)(F)F)N2CCNCC2)n1. The van der Waals surface area contributed by atoms with Crippen LogP contribution in [0, 0.1) is 6.92 Å². The van der Waals surface area contributed by atoms with Gasteiger partial charge in [-0.25, -0.2) is 0 Å². The van der Waals surface area contributed by atoms with E-state index in [9.17, 15) is 13.2 Å². The number of hydrogen-bond acceptors (Lipinski definition) is 3. The highest BCUT2D eigenvalue weighted by atomic mass is 19.4. The van der Waals surface area contributed by atoms with Crippen molar-refractivity contribution >= 4 is 0 Å². The van der Waals surface area contributed by atoms with Crippen molar-refractivity contribution in [1.82, 2.24) is 15.2 Å². The number of benzene rings is 1. The summed E-state index contributed by atoms with van der Waals surface area (Å²) >= 11 is 0. The fourth-order valence-corrected chi connectivity index (χ4v) is 3.19. The van der Waals surface area contributed by atoms with E-state index in [0.717, 1.165) is 24.8 Å². The topological polar surface area (TPSA) is 28.2 Å². The predicted octanol–water partition coefficient (Wildman–Crippen LogP) is 3.40. The smallest absolute Gasteiger partial charge is 0.314 e. The normalized spacial score (nSPS) is 17.7. The molecule has 1 N–H and O–H groups in total. The molecule has 0 spiro atoms. The maximum absolute atomic E-state index is 13.5. The first-order chi connectivity index (χ1) is 11.5. The van der Waals surface area contributed by atoms with Gasteiger partial charge in [-0.3, -0.25) is 9.88 Å². The first-order valence-corrected chi connectivity index (χ1v) is 8.01. The van der Waals surface area contributed by atoms with Crippen molar-refractivity contribution in [2.45, 2.75) is 19.1 Å². The third-order valence-corrected chi connectivity index (χ3v) is 4.27. The quantitative estimate of drug-likeness (QED) is 0.932. The zero-order valence-corrected chi connectivity index (χ0v) is 13.5. The first-order valence-electron chi connectivity index (χ1n) is 8.01. The van der Waals surface area contributed by atoms with E-state index in [-0.39, 0.29) is 5.56 Å². The van der Waals surface area contributed by atoms with E-state index >= 15 is 0 Å². The lowest BCUT2D eigenvalue weighted by molar-refractivity contribution is -0.138. The molecule has 1 unspecified atom stereocenters. The number of alkyl halides is 3. The molecule has 6 heteroatoms. The van der Waals surface area contributed by atoms with Crippen LogP contribution in [0.25, 0.3) is 0 Å². The van der Waals surface area contributed by atoms with Crippen LogP contribution in [0.4, 0.5) is 13.2 Å². The van der Waals surface area contributed by atoms with E-state index in [1.54, 1.807) is 12.1 Å². The van der Waals surface area contributed by atoms with E-state index in [4.69, 9.17) is 0 Å². The molecule has 24 heavy (non-hydrogen) atoms. The van der Waals surface area contributed by atoms with Crippen LogP contribution in [0.1, 0.15) is 28.6 Å². The summed E-state index contributed by atoms with van der Waals surface area (Å²) in [4.78, 5) is 6.59. The first kappa shape index (κ1) is 16.9. The zero-order valence-electron chi connectivity index (χ0n) is 13.5. The van der Waals surface area contributed by atoms with E-state index in [0.29, 0.717) is 18.8 Å². The summed E-state index contributed by atoms with van der Waals surface area (Å²) in [6.45, 7) is 4.75. The molecule has 1 aliphatic rings. The Morgan fingerprint density at radius 2 is 1.75 bits per heavy atom. The molecule has 0 bridgehead atoms. The summed E-state index contributed by atoms with van der Waals surface area (Å²) in [6.07, 6.45) is -4.38. The lowest BCUT2D eigenvalue weighted by Gasteiger charge is -2.36. The van der Waals surface area contributed by atoms with Gasteiger partial charge in [0.1, 0.15) is 0 Å². The monoisotopic (exact) mass is 335 g/mol. The average molecular weight is 335 g/mol. The Hall–Kier alpha value is -1.92.